The van der Waals surface area contributed by atoms with Gasteiger partial charge < -0.3 is 24.8 Å². The molecule has 39 heavy (non-hydrogen) atoms. The first-order chi connectivity index (χ1) is 19.0. The molecule has 1 saturated heterocycles. The number of anilines is 2. The van der Waals surface area contributed by atoms with Crippen molar-refractivity contribution in [1.82, 2.24) is 4.90 Å². The molecule has 2 N–H and O–H groups in total. The van der Waals surface area contributed by atoms with Crippen molar-refractivity contribution in [2.24, 2.45) is 0 Å². The Labute approximate surface area is 230 Å². The molecule has 1 unspecified atom stereocenters. The van der Waals surface area contributed by atoms with Gasteiger partial charge in [-0.15, -0.1) is 0 Å². The number of nitrogens with zero attached hydrogens (tertiary/aromatic N) is 1. The summed E-state index contributed by atoms with van der Waals surface area (Å²) in [7, 11) is 1.66. The minimum atomic E-state index is -0.329. The van der Waals surface area contributed by atoms with Crippen molar-refractivity contribution < 1.29 is 23.8 Å². The van der Waals surface area contributed by atoms with E-state index in [2.05, 4.69) is 15.5 Å². The van der Waals surface area contributed by atoms with E-state index >= 15 is 0 Å². The number of ether oxygens (including phenoxy) is 3. The smallest absolute Gasteiger partial charge is 0.255 e. The SMILES string of the molecule is COCCCOCc1ccc(C(=O)Nc2ccc(-c3ccccc3)cc2)cc1NC(=O)C(C)N1CCOCC1. The summed E-state index contributed by atoms with van der Waals surface area (Å²) in [6.45, 7) is 5.98. The largest absolute Gasteiger partial charge is 0.385 e. The van der Waals surface area contributed by atoms with Crippen LogP contribution in [0.15, 0.2) is 72.8 Å². The molecular weight excluding hydrogens is 494 g/mol. The molecule has 3 aromatic rings. The van der Waals surface area contributed by atoms with Crippen LogP contribution in [0, 0.1) is 0 Å². The molecule has 3 aromatic carbocycles. The van der Waals surface area contributed by atoms with Crippen molar-refractivity contribution in [3.05, 3.63) is 83.9 Å². The highest BCUT2D eigenvalue weighted by atomic mass is 16.5. The zero-order valence-corrected chi connectivity index (χ0v) is 22.7. The minimum absolute atomic E-state index is 0.133. The van der Waals surface area contributed by atoms with E-state index in [1.807, 2.05) is 67.6 Å². The highest BCUT2D eigenvalue weighted by Gasteiger charge is 2.24. The maximum absolute atomic E-state index is 13.1. The van der Waals surface area contributed by atoms with Crippen LogP contribution in [0.25, 0.3) is 11.1 Å². The van der Waals surface area contributed by atoms with Gasteiger partial charge in [0, 0.05) is 55.9 Å². The Morgan fingerprint density at radius 3 is 2.36 bits per heavy atom. The van der Waals surface area contributed by atoms with Crippen LogP contribution in [0.2, 0.25) is 0 Å². The summed E-state index contributed by atoms with van der Waals surface area (Å²) in [6.07, 6.45) is 0.774. The van der Waals surface area contributed by atoms with E-state index in [9.17, 15) is 9.59 Å². The molecule has 0 spiro atoms. The summed E-state index contributed by atoms with van der Waals surface area (Å²) in [5, 5.41) is 6.00. The number of carbonyl (C=O) groups excluding carboxylic acids is 2. The maximum atomic E-state index is 13.1. The molecule has 1 heterocycles. The molecule has 4 rings (SSSR count). The average molecular weight is 532 g/mol. The van der Waals surface area contributed by atoms with E-state index in [0.29, 0.717) is 63.1 Å². The number of morpholine rings is 1. The summed E-state index contributed by atoms with van der Waals surface area (Å²) >= 11 is 0. The van der Waals surface area contributed by atoms with Gasteiger partial charge in [-0.3, -0.25) is 14.5 Å². The van der Waals surface area contributed by atoms with Gasteiger partial charge in [-0.05, 0) is 48.7 Å². The normalized spacial score (nSPS) is 14.5. The third-order valence-corrected chi connectivity index (χ3v) is 6.75. The van der Waals surface area contributed by atoms with Gasteiger partial charge in [0.2, 0.25) is 5.91 Å². The monoisotopic (exact) mass is 531 g/mol. The first-order valence-electron chi connectivity index (χ1n) is 13.3. The van der Waals surface area contributed by atoms with E-state index in [4.69, 9.17) is 14.2 Å². The Morgan fingerprint density at radius 2 is 1.64 bits per heavy atom. The number of rotatable bonds is 12. The van der Waals surface area contributed by atoms with Crippen LogP contribution >= 0.6 is 0 Å². The second kappa shape index (κ2) is 14.6. The molecule has 8 nitrogen and oxygen atoms in total. The number of carbonyl (C=O) groups is 2. The summed E-state index contributed by atoms with van der Waals surface area (Å²) < 4.78 is 16.3. The summed E-state index contributed by atoms with van der Waals surface area (Å²) in [6, 6.07) is 22.8. The third-order valence-electron chi connectivity index (χ3n) is 6.75. The third kappa shape index (κ3) is 8.21. The zero-order chi connectivity index (χ0) is 27.5. The quantitative estimate of drug-likeness (QED) is 0.326. The lowest BCUT2D eigenvalue weighted by molar-refractivity contribution is -0.122. The van der Waals surface area contributed by atoms with Gasteiger partial charge in [0.15, 0.2) is 0 Å². The molecule has 0 bridgehead atoms. The van der Waals surface area contributed by atoms with Crippen LogP contribution in [0.4, 0.5) is 11.4 Å². The Bertz CT molecular complexity index is 1210. The van der Waals surface area contributed by atoms with E-state index in [0.717, 1.165) is 23.1 Å². The van der Waals surface area contributed by atoms with E-state index in [1.54, 1.807) is 19.2 Å². The molecule has 0 aromatic heterocycles. The first-order valence-corrected chi connectivity index (χ1v) is 13.3. The Kier molecular flexibility index (Phi) is 10.6. The molecule has 2 amide bonds. The van der Waals surface area contributed by atoms with Crippen molar-refractivity contribution in [2.45, 2.75) is 26.0 Å². The van der Waals surface area contributed by atoms with Crippen LogP contribution in [0.1, 0.15) is 29.3 Å². The molecule has 1 aliphatic rings. The number of nitrogens with one attached hydrogen (secondary N) is 2. The van der Waals surface area contributed by atoms with E-state index in [-0.39, 0.29) is 17.9 Å². The van der Waals surface area contributed by atoms with Gasteiger partial charge >= 0.3 is 0 Å². The van der Waals surface area contributed by atoms with Crippen molar-refractivity contribution in [2.75, 3.05) is 57.3 Å². The number of amides is 2. The molecule has 0 radical (unpaired) electrons. The van der Waals surface area contributed by atoms with Gasteiger partial charge in [0.25, 0.3) is 5.91 Å². The molecule has 1 fully saturated rings. The topological polar surface area (TPSA) is 89.1 Å². The average Bonchev–Trinajstić information content (AvgIpc) is 2.98. The predicted octanol–water partition coefficient (Wildman–Crippen LogP) is 4.82. The minimum Gasteiger partial charge on any atom is -0.385 e. The summed E-state index contributed by atoms with van der Waals surface area (Å²) in [5.41, 5.74) is 4.69. The fraction of sp³-hybridized carbons (Fsp3) is 0.355. The number of benzene rings is 3. The van der Waals surface area contributed by atoms with Gasteiger partial charge in [-0.1, -0.05) is 48.5 Å². The fourth-order valence-electron chi connectivity index (χ4n) is 4.40. The van der Waals surface area contributed by atoms with Crippen molar-refractivity contribution in [1.29, 1.82) is 0 Å². The Balaban J connectivity index is 1.46. The second-order valence-electron chi connectivity index (χ2n) is 9.48. The summed E-state index contributed by atoms with van der Waals surface area (Å²) in [5.74, 6) is -0.390. The zero-order valence-electron chi connectivity index (χ0n) is 22.7. The standard InChI is InChI=1S/C31H37N3O5/c1-23(34-15-19-38-20-16-34)30(35)33-29-21-26(9-10-27(29)22-39-18-6-17-37-2)31(36)32-28-13-11-25(12-14-28)24-7-4-3-5-8-24/h3-5,7-14,21,23H,6,15-20,22H2,1-2H3,(H,32,36)(H,33,35). The lowest BCUT2D eigenvalue weighted by atomic mass is 10.1. The predicted molar refractivity (Wildman–Crippen MR) is 153 cm³/mol. The van der Waals surface area contributed by atoms with Crippen LogP contribution in [-0.2, 0) is 25.6 Å². The van der Waals surface area contributed by atoms with Gasteiger partial charge in [-0.25, -0.2) is 0 Å². The molecule has 0 aliphatic carbocycles. The molecule has 1 atom stereocenters. The lowest BCUT2D eigenvalue weighted by Crippen LogP contribution is -2.47. The summed E-state index contributed by atoms with van der Waals surface area (Å²) in [4.78, 5) is 28.4. The Hall–Kier alpha value is -3.56. The van der Waals surface area contributed by atoms with Crippen molar-refractivity contribution in [3.63, 3.8) is 0 Å². The second-order valence-corrected chi connectivity index (χ2v) is 9.48. The van der Waals surface area contributed by atoms with E-state index in [1.165, 1.54) is 0 Å². The highest BCUT2D eigenvalue weighted by molar-refractivity contribution is 6.06. The molecule has 206 valence electrons. The maximum Gasteiger partial charge on any atom is 0.255 e. The molecule has 0 saturated carbocycles. The van der Waals surface area contributed by atoms with Gasteiger partial charge in [0.05, 0.1) is 25.9 Å². The lowest BCUT2D eigenvalue weighted by Gasteiger charge is -2.31. The van der Waals surface area contributed by atoms with E-state index < -0.39 is 0 Å². The van der Waals surface area contributed by atoms with Crippen LogP contribution in [0.3, 0.4) is 0 Å². The van der Waals surface area contributed by atoms with Crippen molar-refractivity contribution in [3.8, 4) is 11.1 Å². The number of hydrogen-bond acceptors (Lipinski definition) is 6. The fourth-order valence-corrected chi connectivity index (χ4v) is 4.40. The Morgan fingerprint density at radius 1 is 0.923 bits per heavy atom. The van der Waals surface area contributed by atoms with Gasteiger partial charge in [0.1, 0.15) is 0 Å². The number of methoxy groups -OCH3 is 1. The van der Waals surface area contributed by atoms with Crippen LogP contribution in [0.5, 0.6) is 0 Å². The number of hydrogen-bond donors (Lipinski definition) is 2. The first kappa shape index (κ1) is 28.4. The highest BCUT2D eigenvalue weighted by Crippen LogP contribution is 2.23. The van der Waals surface area contributed by atoms with Crippen LogP contribution in [-0.4, -0.2) is 69.4 Å². The molecule has 8 heteroatoms. The van der Waals surface area contributed by atoms with Gasteiger partial charge in [-0.2, -0.15) is 0 Å². The molecule has 1 aliphatic heterocycles. The molecular formula is C31H37N3O5. The van der Waals surface area contributed by atoms with Crippen LogP contribution < -0.4 is 10.6 Å². The van der Waals surface area contributed by atoms with Crippen molar-refractivity contribution >= 4 is 23.2 Å².